The van der Waals surface area contributed by atoms with Crippen LogP contribution in [0.15, 0.2) is 4.99 Å². The maximum absolute atomic E-state index is 6.06. The first kappa shape index (κ1) is 17.6. The van der Waals surface area contributed by atoms with Crippen molar-refractivity contribution in [2.24, 2.45) is 22.2 Å². The van der Waals surface area contributed by atoms with E-state index in [0.717, 1.165) is 25.0 Å². The zero-order valence-corrected chi connectivity index (χ0v) is 15.1. The summed E-state index contributed by atoms with van der Waals surface area (Å²) in [7, 11) is 1.87. The van der Waals surface area contributed by atoms with Gasteiger partial charge in [0.05, 0.1) is 6.10 Å². The van der Waals surface area contributed by atoms with E-state index in [0.29, 0.717) is 18.1 Å². The van der Waals surface area contributed by atoms with Gasteiger partial charge in [0.2, 0.25) is 0 Å². The van der Waals surface area contributed by atoms with Crippen LogP contribution in [0, 0.1) is 17.3 Å². The average molecular weight is 309 g/mol. The zero-order valence-electron chi connectivity index (χ0n) is 15.1. The molecule has 0 aromatic carbocycles. The molecule has 1 aliphatic heterocycles. The molecule has 0 amide bonds. The molecule has 2 rings (SSSR count). The fraction of sp³-hybridized carbons (Fsp3) is 0.944. The van der Waals surface area contributed by atoms with Crippen molar-refractivity contribution in [3.63, 3.8) is 0 Å². The highest BCUT2D eigenvalue weighted by atomic mass is 16.5. The van der Waals surface area contributed by atoms with E-state index in [1.54, 1.807) is 0 Å². The van der Waals surface area contributed by atoms with Crippen molar-refractivity contribution < 1.29 is 4.74 Å². The zero-order chi connectivity index (χ0) is 16.2. The van der Waals surface area contributed by atoms with Gasteiger partial charge in [-0.25, -0.2) is 0 Å². The Hall–Kier alpha value is -0.770. The van der Waals surface area contributed by atoms with Crippen LogP contribution in [0.3, 0.4) is 0 Å². The Balaban J connectivity index is 1.79. The lowest BCUT2D eigenvalue weighted by Gasteiger charge is -2.40. The third kappa shape index (κ3) is 4.87. The maximum Gasteiger partial charge on any atom is 0.191 e. The highest BCUT2D eigenvalue weighted by Gasteiger charge is 2.37. The van der Waals surface area contributed by atoms with Crippen LogP contribution in [0.2, 0.25) is 0 Å². The van der Waals surface area contributed by atoms with E-state index in [-0.39, 0.29) is 5.41 Å². The van der Waals surface area contributed by atoms with Crippen molar-refractivity contribution in [2.75, 3.05) is 20.2 Å². The van der Waals surface area contributed by atoms with Gasteiger partial charge in [0.25, 0.3) is 0 Å². The molecule has 4 nitrogen and oxygen atoms in total. The molecule has 0 aromatic rings. The first-order chi connectivity index (χ1) is 10.5. The van der Waals surface area contributed by atoms with Crippen LogP contribution in [0.25, 0.3) is 0 Å². The minimum Gasteiger partial charge on any atom is -0.377 e. The SMILES string of the molecule is CCCC1CC1NC(=NC)NCC1CCCOC1C(C)(C)C. The Morgan fingerprint density at radius 3 is 2.68 bits per heavy atom. The average Bonchev–Trinajstić information content (AvgIpc) is 3.21. The van der Waals surface area contributed by atoms with E-state index in [1.165, 1.54) is 32.1 Å². The van der Waals surface area contributed by atoms with Gasteiger partial charge in [0, 0.05) is 32.2 Å². The predicted molar refractivity (Wildman–Crippen MR) is 93.2 cm³/mol. The molecule has 4 heteroatoms. The van der Waals surface area contributed by atoms with Crippen LogP contribution in [0.4, 0.5) is 0 Å². The Bertz CT molecular complexity index is 375. The second-order valence-corrected chi connectivity index (χ2v) is 8.05. The van der Waals surface area contributed by atoms with Crippen molar-refractivity contribution in [3.05, 3.63) is 0 Å². The molecule has 4 atom stereocenters. The van der Waals surface area contributed by atoms with Gasteiger partial charge in [-0.15, -0.1) is 0 Å². The lowest BCUT2D eigenvalue weighted by molar-refractivity contribution is -0.0835. The minimum absolute atomic E-state index is 0.201. The van der Waals surface area contributed by atoms with Crippen LogP contribution in [-0.4, -0.2) is 38.3 Å². The number of guanidine groups is 1. The lowest BCUT2D eigenvalue weighted by Crippen LogP contribution is -2.48. The van der Waals surface area contributed by atoms with Gasteiger partial charge in [0.15, 0.2) is 5.96 Å². The van der Waals surface area contributed by atoms with Crippen LogP contribution in [0.5, 0.6) is 0 Å². The summed E-state index contributed by atoms with van der Waals surface area (Å²) in [6.07, 6.45) is 6.66. The maximum atomic E-state index is 6.06. The molecule has 2 fully saturated rings. The van der Waals surface area contributed by atoms with Gasteiger partial charge < -0.3 is 15.4 Å². The van der Waals surface area contributed by atoms with E-state index in [1.807, 2.05) is 7.05 Å². The first-order valence-electron chi connectivity index (χ1n) is 9.04. The van der Waals surface area contributed by atoms with Crippen LogP contribution in [-0.2, 0) is 4.74 Å². The monoisotopic (exact) mass is 309 g/mol. The highest BCUT2D eigenvalue weighted by molar-refractivity contribution is 5.80. The number of nitrogens with one attached hydrogen (secondary N) is 2. The second-order valence-electron chi connectivity index (χ2n) is 8.05. The van der Waals surface area contributed by atoms with Crippen LogP contribution < -0.4 is 10.6 Å². The number of hydrogen-bond donors (Lipinski definition) is 2. The summed E-state index contributed by atoms with van der Waals surface area (Å²) in [6.45, 7) is 11.0. The quantitative estimate of drug-likeness (QED) is 0.605. The summed E-state index contributed by atoms with van der Waals surface area (Å²) in [5.74, 6) is 2.38. The number of hydrogen-bond acceptors (Lipinski definition) is 2. The minimum atomic E-state index is 0.201. The third-order valence-electron chi connectivity index (χ3n) is 4.96. The molecule has 4 unspecified atom stereocenters. The molecule has 1 saturated carbocycles. The van der Waals surface area contributed by atoms with Gasteiger partial charge in [-0.3, -0.25) is 4.99 Å². The van der Waals surface area contributed by atoms with Crippen LogP contribution in [0.1, 0.15) is 59.8 Å². The Morgan fingerprint density at radius 2 is 2.05 bits per heavy atom. The fourth-order valence-corrected chi connectivity index (χ4v) is 3.72. The topological polar surface area (TPSA) is 45.7 Å². The molecule has 1 heterocycles. The standard InChI is InChI=1S/C18H35N3O/c1-6-8-13-11-15(13)21-17(19-5)20-12-14-9-7-10-22-16(14)18(2,3)4/h13-16H,6-12H2,1-5H3,(H2,19,20,21). The molecule has 0 radical (unpaired) electrons. The highest BCUT2D eigenvalue weighted by Crippen LogP contribution is 2.35. The molecular weight excluding hydrogens is 274 g/mol. The molecule has 1 saturated heterocycles. The molecule has 0 spiro atoms. The molecule has 2 aliphatic rings. The summed E-state index contributed by atoms with van der Waals surface area (Å²) in [5, 5.41) is 7.10. The van der Waals surface area contributed by atoms with E-state index in [9.17, 15) is 0 Å². The van der Waals surface area contributed by atoms with Gasteiger partial charge in [0.1, 0.15) is 0 Å². The predicted octanol–water partition coefficient (Wildman–Crippen LogP) is 3.18. The molecule has 128 valence electrons. The van der Waals surface area contributed by atoms with Crippen molar-refractivity contribution in [1.29, 1.82) is 0 Å². The summed E-state index contributed by atoms with van der Waals surface area (Å²) >= 11 is 0. The fourth-order valence-electron chi connectivity index (χ4n) is 3.72. The number of nitrogens with zero attached hydrogens (tertiary/aromatic N) is 1. The molecule has 22 heavy (non-hydrogen) atoms. The second kappa shape index (κ2) is 7.67. The van der Waals surface area contributed by atoms with E-state index >= 15 is 0 Å². The Morgan fingerprint density at radius 1 is 1.27 bits per heavy atom. The smallest absolute Gasteiger partial charge is 0.191 e. The normalized spacial score (nSPS) is 32.7. The number of aliphatic imine (C=N–C) groups is 1. The molecule has 1 aliphatic carbocycles. The molecule has 0 aromatic heterocycles. The first-order valence-corrected chi connectivity index (χ1v) is 9.04. The summed E-state index contributed by atoms with van der Waals surface area (Å²) in [5.41, 5.74) is 0.201. The largest absolute Gasteiger partial charge is 0.377 e. The van der Waals surface area contributed by atoms with Crippen LogP contribution >= 0.6 is 0 Å². The Kier molecular flexibility index (Phi) is 6.13. The van der Waals surface area contributed by atoms with E-state index in [2.05, 4.69) is 43.3 Å². The van der Waals surface area contributed by atoms with E-state index < -0.39 is 0 Å². The summed E-state index contributed by atoms with van der Waals surface area (Å²) < 4.78 is 6.06. The summed E-state index contributed by atoms with van der Waals surface area (Å²) in [4.78, 5) is 4.39. The number of rotatable bonds is 5. The van der Waals surface area contributed by atoms with Gasteiger partial charge in [-0.2, -0.15) is 0 Å². The summed E-state index contributed by atoms with van der Waals surface area (Å²) in [6, 6.07) is 0.632. The van der Waals surface area contributed by atoms with Gasteiger partial charge in [-0.1, -0.05) is 34.1 Å². The van der Waals surface area contributed by atoms with Gasteiger partial charge >= 0.3 is 0 Å². The molecule has 2 N–H and O–H groups in total. The van der Waals surface area contributed by atoms with Crippen molar-refractivity contribution in [2.45, 2.75) is 71.9 Å². The number of ether oxygens (including phenoxy) is 1. The van der Waals surface area contributed by atoms with Gasteiger partial charge in [-0.05, 0) is 37.0 Å². The van der Waals surface area contributed by atoms with Crippen molar-refractivity contribution in [3.8, 4) is 0 Å². The van der Waals surface area contributed by atoms with E-state index in [4.69, 9.17) is 4.74 Å². The molecular formula is C18H35N3O. The third-order valence-corrected chi connectivity index (χ3v) is 4.96. The van der Waals surface area contributed by atoms with Crippen molar-refractivity contribution >= 4 is 5.96 Å². The lowest BCUT2D eigenvalue weighted by atomic mass is 9.78. The van der Waals surface area contributed by atoms with Crippen molar-refractivity contribution in [1.82, 2.24) is 10.6 Å². The molecule has 0 bridgehead atoms. The Labute approximate surface area is 136 Å².